The number of benzene rings is 1. The Kier molecular flexibility index (Phi) is 3.11. The molecule has 1 fully saturated rings. The molecule has 1 aromatic carbocycles. The standard InChI is InChI=1S/C12H17NO2/c14-11-5-4-10(9-12(11)15)3-1-6-13-7-2-8-13/h4-5,9,14-15H,1-3,6-8H2. The highest BCUT2D eigenvalue weighted by atomic mass is 16.3. The predicted octanol–water partition coefficient (Wildman–Crippen LogP) is 1.74. The molecule has 0 bridgehead atoms. The zero-order valence-corrected chi connectivity index (χ0v) is 8.82. The minimum atomic E-state index is -0.0403. The van der Waals surface area contributed by atoms with E-state index in [0.29, 0.717) is 0 Å². The molecule has 2 N–H and O–H groups in total. The van der Waals surface area contributed by atoms with Crippen molar-refractivity contribution in [3.63, 3.8) is 0 Å². The quantitative estimate of drug-likeness (QED) is 0.739. The number of nitrogens with zero attached hydrogens (tertiary/aromatic N) is 1. The summed E-state index contributed by atoms with van der Waals surface area (Å²) in [5.74, 6) is -0.0575. The normalized spacial score (nSPS) is 16.3. The van der Waals surface area contributed by atoms with E-state index in [1.165, 1.54) is 19.5 Å². The van der Waals surface area contributed by atoms with Gasteiger partial charge in [0.1, 0.15) is 0 Å². The molecule has 0 radical (unpaired) electrons. The van der Waals surface area contributed by atoms with E-state index in [-0.39, 0.29) is 11.5 Å². The van der Waals surface area contributed by atoms with Crippen molar-refractivity contribution >= 4 is 0 Å². The summed E-state index contributed by atoms with van der Waals surface area (Å²) in [4.78, 5) is 2.43. The van der Waals surface area contributed by atoms with Gasteiger partial charge in [-0.15, -0.1) is 0 Å². The zero-order valence-electron chi connectivity index (χ0n) is 8.82. The number of hydrogen-bond donors (Lipinski definition) is 2. The number of aryl methyl sites for hydroxylation is 1. The number of rotatable bonds is 4. The minimum absolute atomic E-state index is 0.0172. The Morgan fingerprint density at radius 3 is 2.53 bits per heavy atom. The van der Waals surface area contributed by atoms with Crippen molar-refractivity contribution in [2.24, 2.45) is 0 Å². The number of phenols is 2. The van der Waals surface area contributed by atoms with Gasteiger partial charge in [-0.2, -0.15) is 0 Å². The Hall–Kier alpha value is -1.22. The van der Waals surface area contributed by atoms with Crippen molar-refractivity contribution in [2.45, 2.75) is 19.3 Å². The molecule has 15 heavy (non-hydrogen) atoms. The molecular weight excluding hydrogens is 190 g/mol. The van der Waals surface area contributed by atoms with E-state index in [9.17, 15) is 5.11 Å². The third-order valence-corrected chi connectivity index (χ3v) is 2.93. The van der Waals surface area contributed by atoms with Gasteiger partial charge >= 0.3 is 0 Å². The fourth-order valence-corrected chi connectivity index (χ4v) is 1.84. The maximum absolute atomic E-state index is 9.31. The summed E-state index contributed by atoms with van der Waals surface area (Å²) in [5, 5.41) is 18.5. The first-order chi connectivity index (χ1) is 7.25. The number of aromatic hydroxyl groups is 2. The highest BCUT2D eigenvalue weighted by Crippen LogP contribution is 2.25. The Bertz CT molecular complexity index is 334. The molecule has 82 valence electrons. The first-order valence-electron chi connectivity index (χ1n) is 5.49. The van der Waals surface area contributed by atoms with Crippen LogP contribution < -0.4 is 0 Å². The van der Waals surface area contributed by atoms with Crippen molar-refractivity contribution in [3.8, 4) is 11.5 Å². The van der Waals surface area contributed by atoms with Crippen LogP contribution in [-0.2, 0) is 6.42 Å². The van der Waals surface area contributed by atoms with Crippen LogP contribution in [0, 0.1) is 0 Å². The molecule has 0 spiro atoms. The highest BCUT2D eigenvalue weighted by molar-refractivity contribution is 5.40. The molecule has 1 aliphatic heterocycles. The molecule has 3 heteroatoms. The smallest absolute Gasteiger partial charge is 0.157 e. The predicted molar refractivity (Wildman–Crippen MR) is 59.1 cm³/mol. The van der Waals surface area contributed by atoms with Crippen LogP contribution in [-0.4, -0.2) is 34.7 Å². The summed E-state index contributed by atoms with van der Waals surface area (Å²) < 4.78 is 0. The summed E-state index contributed by atoms with van der Waals surface area (Å²) in [6.45, 7) is 3.61. The van der Waals surface area contributed by atoms with E-state index >= 15 is 0 Å². The summed E-state index contributed by atoms with van der Waals surface area (Å²) >= 11 is 0. The number of phenolic OH excluding ortho intramolecular Hbond substituents is 2. The summed E-state index contributed by atoms with van der Waals surface area (Å²) in [6, 6.07) is 5.06. The Morgan fingerprint density at radius 2 is 1.93 bits per heavy atom. The Morgan fingerprint density at radius 1 is 1.13 bits per heavy atom. The molecule has 1 saturated heterocycles. The van der Waals surface area contributed by atoms with Gasteiger partial charge in [-0.25, -0.2) is 0 Å². The van der Waals surface area contributed by atoms with E-state index in [1.807, 2.05) is 6.07 Å². The molecule has 0 amide bonds. The molecular formula is C12H17NO2. The lowest BCUT2D eigenvalue weighted by atomic mass is 10.1. The van der Waals surface area contributed by atoms with E-state index in [0.717, 1.165) is 24.9 Å². The van der Waals surface area contributed by atoms with Crippen LogP contribution in [0.5, 0.6) is 11.5 Å². The number of hydrogen-bond acceptors (Lipinski definition) is 3. The second kappa shape index (κ2) is 4.53. The van der Waals surface area contributed by atoms with Crippen molar-refractivity contribution < 1.29 is 10.2 Å². The monoisotopic (exact) mass is 207 g/mol. The van der Waals surface area contributed by atoms with Crippen LogP contribution in [0.4, 0.5) is 0 Å². The van der Waals surface area contributed by atoms with Crippen molar-refractivity contribution in [2.75, 3.05) is 19.6 Å². The van der Waals surface area contributed by atoms with Gasteiger partial charge in [0.25, 0.3) is 0 Å². The molecule has 1 aromatic rings. The van der Waals surface area contributed by atoms with E-state index < -0.39 is 0 Å². The van der Waals surface area contributed by atoms with Gasteiger partial charge in [-0.05, 0) is 56.6 Å². The molecule has 0 unspecified atom stereocenters. The van der Waals surface area contributed by atoms with E-state index in [2.05, 4.69) is 4.90 Å². The summed E-state index contributed by atoms with van der Waals surface area (Å²) in [6.07, 6.45) is 3.41. The first kappa shape index (κ1) is 10.3. The van der Waals surface area contributed by atoms with Crippen LogP contribution in [0.1, 0.15) is 18.4 Å². The molecule has 0 atom stereocenters. The molecule has 0 aromatic heterocycles. The third-order valence-electron chi connectivity index (χ3n) is 2.93. The van der Waals surface area contributed by atoms with Crippen LogP contribution in [0.15, 0.2) is 18.2 Å². The fraction of sp³-hybridized carbons (Fsp3) is 0.500. The lowest BCUT2D eigenvalue weighted by Crippen LogP contribution is -2.37. The van der Waals surface area contributed by atoms with Crippen LogP contribution in [0.3, 0.4) is 0 Å². The van der Waals surface area contributed by atoms with E-state index in [1.54, 1.807) is 12.1 Å². The van der Waals surface area contributed by atoms with Gasteiger partial charge < -0.3 is 15.1 Å². The minimum Gasteiger partial charge on any atom is -0.504 e. The molecule has 2 rings (SSSR count). The zero-order chi connectivity index (χ0) is 10.7. The van der Waals surface area contributed by atoms with Crippen molar-refractivity contribution in [1.29, 1.82) is 0 Å². The molecule has 0 saturated carbocycles. The largest absolute Gasteiger partial charge is 0.504 e. The van der Waals surface area contributed by atoms with Crippen LogP contribution in [0.25, 0.3) is 0 Å². The lowest BCUT2D eigenvalue weighted by Gasteiger charge is -2.30. The molecule has 0 aliphatic carbocycles. The molecule has 1 aliphatic rings. The SMILES string of the molecule is Oc1ccc(CCCN2CCC2)cc1O. The van der Waals surface area contributed by atoms with Gasteiger partial charge in [-0.1, -0.05) is 6.07 Å². The Labute approximate surface area is 90.0 Å². The van der Waals surface area contributed by atoms with Gasteiger partial charge in [-0.3, -0.25) is 0 Å². The average Bonchev–Trinajstić information content (AvgIpc) is 2.15. The van der Waals surface area contributed by atoms with Gasteiger partial charge in [0, 0.05) is 0 Å². The number of likely N-dealkylation sites (tertiary alicyclic amines) is 1. The van der Waals surface area contributed by atoms with Gasteiger partial charge in [0.05, 0.1) is 0 Å². The second-order valence-corrected chi connectivity index (χ2v) is 4.12. The molecule has 1 heterocycles. The first-order valence-corrected chi connectivity index (χ1v) is 5.49. The summed E-state index contributed by atoms with van der Waals surface area (Å²) in [5.41, 5.74) is 1.09. The lowest BCUT2D eigenvalue weighted by molar-refractivity contribution is 0.179. The average molecular weight is 207 g/mol. The van der Waals surface area contributed by atoms with Gasteiger partial charge in [0.2, 0.25) is 0 Å². The second-order valence-electron chi connectivity index (χ2n) is 4.12. The molecule has 3 nitrogen and oxygen atoms in total. The van der Waals surface area contributed by atoms with Crippen LogP contribution >= 0.6 is 0 Å². The summed E-state index contributed by atoms with van der Waals surface area (Å²) in [7, 11) is 0. The van der Waals surface area contributed by atoms with Crippen molar-refractivity contribution in [3.05, 3.63) is 23.8 Å². The van der Waals surface area contributed by atoms with Gasteiger partial charge in [0.15, 0.2) is 11.5 Å². The maximum Gasteiger partial charge on any atom is 0.157 e. The van der Waals surface area contributed by atoms with Crippen LogP contribution in [0.2, 0.25) is 0 Å². The Balaban J connectivity index is 1.79. The topological polar surface area (TPSA) is 43.7 Å². The third kappa shape index (κ3) is 2.63. The van der Waals surface area contributed by atoms with E-state index in [4.69, 9.17) is 5.11 Å². The highest BCUT2D eigenvalue weighted by Gasteiger charge is 2.12. The maximum atomic E-state index is 9.31. The fourth-order valence-electron chi connectivity index (χ4n) is 1.84. The van der Waals surface area contributed by atoms with Crippen molar-refractivity contribution in [1.82, 2.24) is 4.90 Å².